The second-order valence-corrected chi connectivity index (χ2v) is 7.05. The van der Waals surface area contributed by atoms with Crippen LogP contribution in [-0.4, -0.2) is 43.9 Å². The molecule has 0 unspecified atom stereocenters. The molecule has 3 aromatic carbocycles. The van der Waals surface area contributed by atoms with Gasteiger partial charge < -0.3 is 23.5 Å². The maximum Gasteiger partial charge on any atom is 0.261 e. The predicted octanol–water partition coefficient (Wildman–Crippen LogP) is 4.83. The van der Waals surface area contributed by atoms with Crippen molar-refractivity contribution in [3.05, 3.63) is 72.0 Å². The number of methoxy groups -OCH3 is 3. The average molecular weight is 464 g/mol. The van der Waals surface area contributed by atoms with E-state index < -0.39 is 5.82 Å². The number of hydrogen-bond donors (Lipinski definition) is 0. The lowest BCUT2D eigenvalue weighted by Crippen LogP contribution is -2.13. The predicted molar refractivity (Wildman–Crippen MR) is 121 cm³/mol. The molecule has 174 valence electrons. The van der Waals surface area contributed by atoms with E-state index in [1.807, 2.05) is 0 Å². The van der Waals surface area contributed by atoms with E-state index in [2.05, 4.69) is 10.1 Å². The molecular weight excluding hydrogens is 443 g/mol. The van der Waals surface area contributed by atoms with Crippen molar-refractivity contribution in [3.8, 4) is 45.8 Å². The van der Waals surface area contributed by atoms with Crippen molar-refractivity contribution >= 4 is 5.78 Å². The molecule has 0 aliphatic carbocycles. The fourth-order valence-corrected chi connectivity index (χ4v) is 3.26. The number of Topliss-reactive ketones (excluding diaryl/α,β-unsaturated/α-hetero) is 1. The van der Waals surface area contributed by atoms with Crippen molar-refractivity contribution in [1.29, 1.82) is 0 Å². The number of ketones is 1. The highest BCUT2D eigenvalue weighted by atomic mass is 19.1. The van der Waals surface area contributed by atoms with E-state index in [0.29, 0.717) is 34.1 Å². The quantitative estimate of drug-likeness (QED) is 0.325. The van der Waals surface area contributed by atoms with Gasteiger partial charge in [0.15, 0.2) is 18.1 Å². The number of ether oxygens (including phenoxy) is 4. The molecule has 4 aromatic rings. The van der Waals surface area contributed by atoms with Crippen LogP contribution >= 0.6 is 0 Å². The Balaban J connectivity index is 1.53. The third-order valence-corrected chi connectivity index (χ3v) is 5.02. The van der Waals surface area contributed by atoms with Gasteiger partial charge in [-0.25, -0.2) is 4.39 Å². The highest BCUT2D eigenvalue weighted by Gasteiger charge is 2.18. The standard InChI is InChI=1S/C25H21FN2O6/c1-30-16-9-11-21(31-2)18(13-16)20(29)14-33-22-10-8-15(12-23(22)32-3)24-27-25(34-28-24)17-6-4-5-7-19(17)26/h4-13H,14H2,1-3H3. The molecule has 0 aliphatic heterocycles. The largest absolute Gasteiger partial charge is 0.497 e. The molecule has 0 radical (unpaired) electrons. The van der Waals surface area contributed by atoms with Gasteiger partial charge >= 0.3 is 0 Å². The zero-order valence-electron chi connectivity index (χ0n) is 18.7. The molecule has 34 heavy (non-hydrogen) atoms. The highest BCUT2D eigenvalue weighted by Crippen LogP contribution is 2.33. The van der Waals surface area contributed by atoms with Crippen molar-refractivity contribution < 1.29 is 32.7 Å². The third-order valence-electron chi connectivity index (χ3n) is 5.02. The number of benzene rings is 3. The SMILES string of the molecule is COc1ccc(OC)c(C(=O)COc2ccc(-c3noc(-c4ccccc4F)n3)cc2OC)c1. The van der Waals surface area contributed by atoms with Crippen molar-refractivity contribution in [2.45, 2.75) is 0 Å². The minimum Gasteiger partial charge on any atom is -0.497 e. The van der Waals surface area contributed by atoms with Crippen LogP contribution in [0.25, 0.3) is 22.8 Å². The van der Waals surface area contributed by atoms with E-state index in [9.17, 15) is 9.18 Å². The monoisotopic (exact) mass is 464 g/mol. The fourth-order valence-electron chi connectivity index (χ4n) is 3.26. The Hall–Kier alpha value is -4.40. The molecule has 0 bridgehead atoms. The highest BCUT2D eigenvalue weighted by molar-refractivity contribution is 6.00. The Morgan fingerprint density at radius 2 is 1.68 bits per heavy atom. The van der Waals surface area contributed by atoms with E-state index in [1.165, 1.54) is 27.4 Å². The summed E-state index contributed by atoms with van der Waals surface area (Å²) in [5, 5.41) is 3.93. The summed E-state index contributed by atoms with van der Waals surface area (Å²) in [6.45, 7) is -0.251. The summed E-state index contributed by atoms with van der Waals surface area (Å²) < 4.78 is 40.8. The van der Waals surface area contributed by atoms with E-state index in [-0.39, 0.29) is 29.7 Å². The van der Waals surface area contributed by atoms with Gasteiger partial charge in [-0.05, 0) is 48.5 Å². The second-order valence-electron chi connectivity index (χ2n) is 7.05. The minimum absolute atomic E-state index is 0.0604. The summed E-state index contributed by atoms with van der Waals surface area (Å²) >= 11 is 0. The fraction of sp³-hybridized carbons (Fsp3) is 0.160. The van der Waals surface area contributed by atoms with E-state index in [1.54, 1.807) is 54.6 Å². The first-order valence-corrected chi connectivity index (χ1v) is 10.2. The molecule has 0 fully saturated rings. The first-order chi connectivity index (χ1) is 16.5. The van der Waals surface area contributed by atoms with Gasteiger partial charge in [-0.2, -0.15) is 4.98 Å². The Labute approximate surface area is 194 Å². The van der Waals surface area contributed by atoms with Crippen molar-refractivity contribution in [2.75, 3.05) is 27.9 Å². The van der Waals surface area contributed by atoms with E-state index in [0.717, 1.165) is 0 Å². The van der Waals surface area contributed by atoms with E-state index in [4.69, 9.17) is 23.5 Å². The van der Waals surface area contributed by atoms with Crippen LogP contribution in [0.15, 0.2) is 65.2 Å². The van der Waals surface area contributed by atoms with Crippen LogP contribution in [-0.2, 0) is 0 Å². The van der Waals surface area contributed by atoms with Gasteiger partial charge in [0, 0.05) is 5.56 Å². The van der Waals surface area contributed by atoms with Gasteiger partial charge in [0.05, 0.1) is 32.5 Å². The van der Waals surface area contributed by atoms with Crippen molar-refractivity contribution in [3.63, 3.8) is 0 Å². The maximum absolute atomic E-state index is 14.0. The normalized spacial score (nSPS) is 10.6. The van der Waals surface area contributed by atoms with Crippen LogP contribution in [0.1, 0.15) is 10.4 Å². The molecule has 0 saturated heterocycles. The molecule has 0 spiro atoms. The number of aromatic nitrogens is 2. The van der Waals surface area contributed by atoms with Crippen molar-refractivity contribution in [2.24, 2.45) is 0 Å². The van der Waals surface area contributed by atoms with Crippen LogP contribution < -0.4 is 18.9 Å². The molecule has 1 aromatic heterocycles. The molecule has 4 rings (SSSR count). The minimum atomic E-state index is -0.462. The number of nitrogens with zero attached hydrogens (tertiary/aromatic N) is 2. The lowest BCUT2D eigenvalue weighted by molar-refractivity contribution is 0.0916. The number of carbonyl (C=O) groups is 1. The van der Waals surface area contributed by atoms with Gasteiger partial charge in [0.25, 0.3) is 5.89 Å². The summed E-state index contributed by atoms with van der Waals surface area (Å²) in [4.78, 5) is 17.0. The molecule has 0 N–H and O–H groups in total. The van der Waals surface area contributed by atoms with Gasteiger partial charge in [0.1, 0.15) is 17.3 Å². The van der Waals surface area contributed by atoms with E-state index >= 15 is 0 Å². The number of carbonyl (C=O) groups excluding carboxylic acids is 1. The summed E-state index contributed by atoms with van der Waals surface area (Å²) in [6, 6.07) is 16.0. The first kappa shape index (κ1) is 22.8. The zero-order chi connectivity index (χ0) is 24.1. The lowest BCUT2D eigenvalue weighted by Gasteiger charge is -2.13. The molecule has 0 saturated carbocycles. The van der Waals surface area contributed by atoms with Crippen LogP contribution in [0, 0.1) is 5.82 Å². The van der Waals surface area contributed by atoms with Gasteiger partial charge in [-0.1, -0.05) is 17.3 Å². The summed E-state index contributed by atoms with van der Waals surface area (Å²) in [6.07, 6.45) is 0. The third kappa shape index (κ3) is 4.68. The maximum atomic E-state index is 14.0. The van der Waals surface area contributed by atoms with Gasteiger partial charge in [0.2, 0.25) is 11.6 Å². The number of hydrogen-bond acceptors (Lipinski definition) is 8. The zero-order valence-corrected chi connectivity index (χ0v) is 18.7. The van der Waals surface area contributed by atoms with Gasteiger partial charge in [-0.15, -0.1) is 0 Å². The molecule has 0 aliphatic rings. The summed E-state index contributed by atoms with van der Waals surface area (Å²) in [5.41, 5.74) is 1.11. The second kappa shape index (κ2) is 10.0. The van der Waals surface area contributed by atoms with Crippen LogP contribution in [0.3, 0.4) is 0 Å². The number of rotatable bonds is 9. The molecule has 0 atom stereocenters. The molecule has 8 nitrogen and oxygen atoms in total. The van der Waals surface area contributed by atoms with Crippen LogP contribution in [0.2, 0.25) is 0 Å². The Morgan fingerprint density at radius 1 is 0.912 bits per heavy atom. The molecular formula is C25H21FN2O6. The Kier molecular flexibility index (Phi) is 6.72. The van der Waals surface area contributed by atoms with Crippen LogP contribution in [0.4, 0.5) is 4.39 Å². The first-order valence-electron chi connectivity index (χ1n) is 10.2. The van der Waals surface area contributed by atoms with Crippen molar-refractivity contribution in [1.82, 2.24) is 10.1 Å². The summed E-state index contributed by atoms with van der Waals surface area (Å²) in [5.74, 6) is 1.20. The summed E-state index contributed by atoms with van der Waals surface area (Å²) in [7, 11) is 4.47. The molecule has 0 amide bonds. The molecule has 9 heteroatoms. The average Bonchev–Trinajstić information content (AvgIpc) is 3.37. The smallest absolute Gasteiger partial charge is 0.261 e. The lowest BCUT2D eigenvalue weighted by atomic mass is 10.1. The Morgan fingerprint density at radius 3 is 2.41 bits per heavy atom. The van der Waals surface area contributed by atoms with Crippen LogP contribution in [0.5, 0.6) is 23.0 Å². The molecule has 1 heterocycles. The van der Waals surface area contributed by atoms with Gasteiger partial charge in [-0.3, -0.25) is 4.79 Å². The number of halogens is 1. The Bertz CT molecular complexity index is 1320. The topological polar surface area (TPSA) is 92.9 Å².